The van der Waals surface area contributed by atoms with E-state index in [4.69, 9.17) is 0 Å². The van der Waals surface area contributed by atoms with Crippen LogP contribution >= 0.6 is 0 Å². The summed E-state index contributed by atoms with van der Waals surface area (Å²) in [6.07, 6.45) is 0. The van der Waals surface area contributed by atoms with Gasteiger partial charge in [-0.1, -0.05) is 47.6 Å². The molecule has 0 aliphatic heterocycles. The van der Waals surface area contributed by atoms with E-state index >= 15 is 0 Å². The molecule has 0 amide bonds. The van der Waals surface area contributed by atoms with Gasteiger partial charge in [0.2, 0.25) is 0 Å². The molecular formula is C15H23O. The van der Waals surface area contributed by atoms with Crippen molar-refractivity contribution in [2.45, 2.75) is 59.3 Å². The summed E-state index contributed by atoms with van der Waals surface area (Å²) in [6.45, 7) is 14.9. The Labute approximate surface area is 99.5 Å². The maximum absolute atomic E-state index is 12.1. The Morgan fingerprint density at radius 3 is 1.56 bits per heavy atom. The monoisotopic (exact) mass is 219 g/mol. The van der Waals surface area contributed by atoms with Crippen molar-refractivity contribution in [3.8, 4) is 5.75 Å². The van der Waals surface area contributed by atoms with Crippen LogP contribution in [0.3, 0.4) is 0 Å². The van der Waals surface area contributed by atoms with Gasteiger partial charge < -0.3 is 0 Å². The van der Waals surface area contributed by atoms with Crippen molar-refractivity contribution in [3.05, 3.63) is 28.8 Å². The Kier molecular flexibility index (Phi) is 3.11. The van der Waals surface area contributed by atoms with Gasteiger partial charge in [-0.05, 0) is 34.9 Å². The summed E-state index contributed by atoms with van der Waals surface area (Å²) in [5.74, 6) is 0.169. The van der Waals surface area contributed by atoms with Gasteiger partial charge in [-0.2, -0.15) is 0 Å². The molecule has 1 rings (SSSR count). The zero-order valence-electron chi connectivity index (χ0n) is 11.6. The molecule has 16 heavy (non-hydrogen) atoms. The van der Waals surface area contributed by atoms with Gasteiger partial charge >= 0.3 is 0 Å². The molecule has 0 bridgehead atoms. The number of hydrogen-bond acceptors (Lipinski definition) is 0. The molecule has 0 aromatic heterocycles. The number of rotatable bonds is 0. The number of aryl methyl sites for hydroxylation is 1. The summed E-state index contributed by atoms with van der Waals surface area (Å²) >= 11 is 0. The summed E-state index contributed by atoms with van der Waals surface area (Å²) in [4.78, 5) is 0. The second-order valence-electron chi connectivity index (χ2n) is 6.63. The SMILES string of the molecule is Cc1ccc([O])c(C(C)(C)C)c1C(C)(C)C. The van der Waals surface area contributed by atoms with Gasteiger partial charge in [-0.15, -0.1) is 0 Å². The van der Waals surface area contributed by atoms with Crippen LogP contribution in [0.4, 0.5) is 0 Å². The highest BCUT2D eigenvalue weighted by Crippen LogP contribution is 2.41. The first-order valence-electron chi connectivity index (χ1n) is 5.86. The Hall–Kier alpha value is -0.980. The third-order valence-electron chi connectivity index (χ3n) is 2.88. The average Bonchev–Trinajstić information content (AvgIpc) is 2.04. The quantitative estimate of drug-likeness (QED) is 0.601. The third-order valence-corrected chi connectivity index (χ3v) is 2.88. The van der Waals surface area contributed by atoms with Gasteiger partial charge in [0.1, 0.15) is 0 Å². The largest absolute Gasteiger partial charge is 0.290 e. The normalized spacial score (nSPS) is 12.9. The molecule has 0 fully saturated rings. The Balaban J connectivity index is 3.64. The minimum absolute atomic E-state index is 0.0209. The van der Waals surface area contributed by atoms with Crippen LogP contribution in [-0.4, -0.2) is 0 Å². The lowest BCUT2D eigenvalue weighted by atomic mass is 9.73. The van der Waals surface area contributed by atoms with E-state index in [-0.39, 0.29) is 16.6 Å². The molecule has 0 unspecified atom stereocenters. The maximum atomic E-state index is 12.1. The first-order chi connectivity index (χ1) is 7.05. The van der Waals surface area contributed by atoms with Crippen LogP contribution in [0, 0.1) is 6.92 Å². The predicted molar refractivity (Wildman–Crippen MR) is 68.7 cm³/mol. The lowest BCUT2D eigenvalue weighted by Gasteiger charge is -2.31. The first kappa shape index (κ1) is 13.1. The third kappa shape index (κ3) is 2.40. The molecule has 0 N–H and O–H groups in total. The molecule has 1 aromatic carbocycles. The van der Waals surface area contributed by atoms with Crippen LogP contribution in [0.25, 0.3) is 0 Å². The smallest absolute Gasteiger partial charge is 0.182 e. The zero-order valence-corrected chi connectivity index (χ0v) is 11.6. The zero-order chi connectivity index (χ0) is 12.7. The van der Waals surface area contributed by atoms with Crippen LogP contribution in [0.15, 0.2) is 12.1 Å². The van der Waals surface area contributed by atoms with E-state index in [0.29, 0.717) is 0 Å². The first-order valence-corrected chi connectivity index (χ1v) is 5.86. The lowest BCUT2D eigenvalue weighted by Crippen LogP contribution is -2.23. The molecule has 0 heterocycles. The maximum Gasteiger partial charge on any atom is 0.182 e. The van der Waals surface area contributed by atoms with Crippen LogP contribution in [-0.2, 0) is 15.9 Å². The summed E-state index contributed by atoms with van der Waals surface area (Å²) in [6, 6.07) is 3.64. The van der Waals surface area contributed by atoms with Crippen molar-refractivity contribution in [2.24, 2.45) is 0 Å². The molecule has 0 aliphatic rings. The summed E-state index contributed by atoms with van der Waals surface area (Å²) in [7, 11) is 0. The second-order valence-corrected chi connectivity index (χ2v) is 6.63. The molecule has 0 atom stereocenters. The standard InChI is InChI=1S/C15H23O/c1-10-8-9-11(16)13(15(5,6)7)12(10)14(2,3)4/h8-9H,1-7H3. The average molecular weight is 219 g/mol. The van der Waals surface area contributed by atoms with Crippen molar-refractivity contribution in [1.82, 2.24) is 0 Å². The molecule has 89 valence electrons. The van der Waals surface area contributed by atoms with E-state index in [0.717, 1.165) is 5.56 Å². The molecule has 0 saturated carbocycles. The Morgan fingerprint density at radius 1 is 0.812 bits per heavy atom. The van der Waals surface area contributed by atoms with Gasteiger partial charge in [0.25, 0.3) is 0 Å². The van der Waals surface area contributed by atoms with Crippen molar-refractivity contribution >= 4 is 0 Å². The highest BCUT2D eigenvalue weighted by Gasteiger charge is 2.29. The van der Waals surface area contributed by atoms with Gasteiger partial charge in [-0.3, -0.25) is 5.11 Å². The molecule has 1 nitrogen and oxygen atoms in total. The molecule has 1 heteroatoms. The van der Waals surface area contributed by atoms with Crippen molar-refractivity contribution in [2.75, 3.05) is 0 Å². The van der Waals surface area contributed by atoms with Crippen molar-refractivity contribution in [1.29, 1.82) is 0 Å². The molecule has 0 spiro atoms. The van der Waals surface area contributed by atoms with Crippen LogP contribution in [0.1, 0.15) is 58.2 Å². The fraction of sp³-hybridized carbons (Fsp3) is 0.600. The van der Waals surface area contributed by atoms with Gasteiger partial charge in [0.15, 0.2) is 5.75 Å². The number of benzene rings is 1. The van der Waals surface area contributed by atoms with Crippen LogP contribution in [0.5, 0.6) is 5.75 Å². The van der Waals surface area contributed by atoms with Gasteiger partial charge in [-0.25, -0.2) is 0 Å². The summed E-state index contributed by atoms with van der Waals surface area (Å²) in [5.41, 5.74) is 3.34. The van der Waals surface area contributed by atoms with Crippen molar-refractivity contribution in [3.63, 3.8) is 0 Å². The minimum atomic E-state index is -0.0916. The Morgan fingerprint density at radius 2 is 1.25 bits per heavy atom. The van der Waals surface area contributed by atoms with E-state index in [1.54, 1.807) is 6.07 Å². The van der Waals surface area contributed by atoms with Gasteiger partial charge in [0, 0.05) is 5.56 Å². The summed E-state index contributed by atoms with van der Waals surface area (Å²) in [5, 5.41) is 12.1. The van der Waals surface area contributed by atoms with Gasteiger partial charge in [0.05, 0.1) is 0 Å². The topological polar surface area (TPSA) is 19.9 Å². The van der Waals surface area contributed by atoms with Crippen LogP contribution < -0.4 is 0 Å². The molecule has 1 aromatic rings. The summed E-state index contributed by atoms with van der Waals surface area (Å²) < 4.78 is 0. The van der Waals surface area contributed by atoms with E-state index in [1.807, 2.05) is 6.07 Å². The second kappa shape index (κ2) is 3.80. The van der Waals surface area contributed by atoms with Crippen LogP contribution in [0.2, 0.25) is 0 Å². The molecule has 1 radical (unpaired) electrons. The van der Waals surface area contributed by atoms with E-state index in [2.05, 4.69) is 48.5 Å². The van der Waals surface area contributed by atoms with E-state index in [1.165, 1.54) is 11.1 Å². The minimum Gasteiger partial charge on any atom is -0.290 e. The Bertz CT molecular complexity index is 350. The molecule has 0 saturated heterocycles. The highest BCUT2D eigenvalue weighted by atomic mass is 16.3. The predicted octanol–water partition coefficient (Wildman–Crippen LogP) is 4.73. The fourth-order valence-electron chi connectivity index (χ4n) is 2.40. The number of hydrogen-bond donors (Lipinski definition) is 0. The molecular weight excluding hydrogens is 196 g/mol. The van der Waals surface area contributed by atoms with Crippen molar-refractivity contribution < 1.29 is 5.11 Å². The highest BCUT2D eigenvalue weighted by molar-refractivity contribution is 5.50. The van der Waals surface area contributed by atoms with E-state index in [9.17, 15) is 5.11 Å². The molecule has 0 aliphatic carbocycles. The lowest BCUT2D eigenvalue weighted by molar-refractivity contribution is 0.337. The van der Waals surface area contributed by atoms with E-state index < -0.39 is 0 Å². The fourth-order valence-corrected chi connectivity index (χ4v) is 2.40.